The van der Waals surface area contributed by atoms with Crippen LogP contribution in [0.15, 0.2) is 58.2 Å². The van der Waals surface area contributed by atoms with E-state index in [2.05, 4.69) is 77.8 Å². The van der Waals surface area contributed by atoms with E-state index in [1.807, 2.05) is 0 Å². The summed E-state index contributed by atoms with van der Waals surface area (Å²) >= 11 is 0. The minimum absolute atomic E-state index is 0.104. The molecular formula is C29H44O. The van der Waals surface area contributed by atoms with E-state index in [0.717, 1.165) is 51.4 Å². The maximum absolute atomic E-state index is 11.2. The van der Waals surface area contributed by atoms with Crippen molar-refractivity contribution in [1.29, 1.82) is 0 Å². The fraction of sp³-hybridized carbons (Fsp3) is 0.552. The van der Waals surface area contributed by atoms with Gasteiger partial charge in [-0.2, -0.15) is 0 Å². The van der Waals surface area contributed by atoms with Crippen molar-refractivity contribution in [3.05, 3.63) is 58.2 Å². The molecule has 0 bridgehead atoms. The molecule has 0 aromatic rings. The zero-order chi connectivity index (χ0) is 22.8. The van der Waals surface area contributed by atoms with Gasteiger partial charge < -0.3 is 0 Å². The Hall–Kier alpha value is -2.07. The van der Waals surface area contributed by atoms with Gasteiger partial charge in [0.1, 0.15) is 0 Å². The van der Waals surface area contributed by atoms with Gasteiger partial charge in [-0.15, -0.1) is 6.42 Å². The average Bonchev–Trinajstić information content (AvgIpc) is 2.69. The van der Waals surface area contributed by atoms with Gasteiger partial charge in [0.15, 0.2) is 0 Å². The third kappa shape index (κ3) is 18.0. The topological polar surface area (TPSA) is 17.1 Å². The standard InChI is InChI=1S/C29H44O/c1-8-29(30)23-22-28(7)21-13-19-26(5)16-10-9-15-25(4)18-12-20-27(6)17-11-14-24(2)3/h1,14-16,20-21H,9-13,17-19,22-23H2,2-7H3/b25-15+,26-16+,27-20+,28-21+. The van der Waals surface area contributed by atoms with Gasteiger partial charge in [0.2, 0.25) is 5.78 Å². The maximum atomic E-state index is 11.2. The Labute approximate surface area is 187 Å². The quantitative estimate of drug-likeness (QED) is 0.114. The second kappa shape index (κ2) is 17.8. The molecule has 166 valence electrons. The molecule has 0 aliphatic carbocycles. The molecule has 0 saturated carbocycles. The minimum atomic E-state index is -0.104. The lowest BCUT2D eigenvalue weighted by Crippen LogP contribution is -1.92. The van der Waals surface area contributed by atoms with Crippen LogP contribution in [0.4, 0.5) is 0 Å². The van der Waals surface area contributed by atoms with E-state index in [-0.39, 0.29) is 5.78 Å². The third-order valence-electron chi connectivity index (χ3n) is 5.21. The molecule has 0 aliphatic heterocycles. The molecule has 0 aliphatic rings. The highest BCUT2D eigenvalue weighted by Crippen LogP contribution is 2.14. The molecule has 1 heteroatoms. The lowest BCUT2D eigenvalue weighted by atomic mass is 10.0. The van der Waals surface area contributed by atoms with Crippen LogP contribution in [0.2, 0.25) is 0 Å². The largest absolute Gasteiger partial charge is 0.285 e. The SMILES string of the molecule is C#CC(=O)CC/C(C)=C/CC/C(C)=C/CC/C=C(\C)CC/C=C(\C)CCC=C(C)C. The summed E-state index contributed by atoms with van der Waals surface area (Å²) in [6.07, 6.45) is 27.0. The molecule has 0 rings (SSSR count). The number of rotatable bonds is 15. The van der Waals surface area contributed by atoms with E-state index in [4.69, 9.17) is 6.42 Å². The summed E-state index contributed by atoms with van der Waals surface area (Å²) in [6.45, 7) is 13.1. The molecule has 0 amide bonds. The molecule has 0 unspecified atom stereocenters. The number of hydrogen-bond acceptors (Lipinski definition) is 1. The number of allylic oxidation sites excluding steroid dienone is 10. The highest BCUT2D eigenvalue weighted by molar-refractivity contribution is 5.94. The second-order valence-electron chi connectivity index (χ2n) is 8.74. The van der Waals surface area contributed by atoms with Crippen LogP contribution in [0.5, 0.6) is 0 Å². The molecular weight excluding hydrogens is 364 g/mol. The third-order valence-corrected chi connectivity index (χ3v) is 5.21. The Morgan fingerprint density at radius 3 is 1.33 bits per heavy atom. The first kappa shape index (κ1) is 27.9. The lowest BCUT2D eigenvalue weighted by Gasteiger charge is -2.02. The molecule has 1 nitrogen and oxygen atoms in total. The van der Waals surface area contributed by atoms with Crippen molar-refractivity contribution in [3.63, 3.8) is 0 Å². The van der Waals surface area contributed by atoms with Gasteiger partial charge in [0.05, 0.1) is 0 Å². The van der Waals surface area contributed by atoms with Gasteiger partial charge in [-0.3, -0.25) is 4.79 Å². The molecule has 0 saturated heterocycles. The van der Waals surface area contributed by atoms with E-state index >= 15 is 0 Å². The second-order valence-corrected chi connectivity index (χ2v) is 8.74. The number of carbonyl (C=O) groups is 1. The molecule has 0 aromatic heterocycles. The number of carbonyl (C=O) groups excluding carboxylic acids is 1. The van der Waals surface area contributed by atoms with Crippen molar-refractivity contribution in [1.82, 2.24) is 0 Å². The van der Waals surface area contributed by atoms with Gasteiger partial charge in [0, 0.05) is 6.42 Å². The zero-order valence-electron chi connectivity index (χ0n) is 20.4. The van der Waals surface area contributed by atoms with Gasteiger partial charge in [-0.05, 0) is 105 Å². The van der Waals surface area contributed by atoms with Crippen molar-refractivity contribution in [2.75, 3.05) is 0 Å². The van der Waals surface area contributed by atoms with E-state index < -0.39 is 0 Å². The minimum Gasteiger partial charge on any atom is -0.285 e. The Balaban J connectivity index is 4.07. The predicted molar refractivity (Wildman–Crippen MR) is 134 cm³/mol. The number of ketones is 1. The molecule has 0 N–H and O–H groups in total. The van der Waals surface area contributed by atoms with Crippen LogP contribution in [-0.4, -0.2) is 5.78 Å². The van der Waals surface area contributed by atoms with Crippen LogP contribution >= 0.6 is 0 Å². The van der Waals surface area contributed by atoms with Crippen LogP contribution < -0.4 is 0 Å². The molecule has 0 spiro atoms. The fourth-order valence-corrected chi connectivity index (χ4v) is 3.13. The molecule has 0 radical (unpaired) electrons. The summed E-state index contributed by atoms with van der Waals surface area (Å²) in [5, 5.41) is 0. The van der Waals surface area contributed by atoms with Gasteiger partial charge in [0.25, 0.3) is 0 Å². The van der Waals surface area contributed by atoms with E-state index in [0.29, 0.717) is 6.42 Å². The first-order chi connectivity index (χ1) is 14.2. The fourth-order valence-electron chi connectivity index (χ4n) is 3.13. The van der Waals surface area contributed by atoms with Crippen LogP contribution in [-0.2, 0) is 4.79 Å². The van der Waals surface area contributed by atoms with Crippen molar-refractivity contribution < 1.29 is 4.79 Å². The highest BCUT2D eigenvalue weighted by Gasteiger charge is 1.98. The summed E-state index contributed by atoms with van der Waals surface area (Å²) < 4.78 is 0. The Bertz CT molecular complexity index is 697. The lowest BCUT2D eigenvalue weighted by molar-refractivity contribution is -0.113. The monoisotopic (exact) mass is 408 g/mol. The summed E-state index contributed by atoms with van der Waals surface area (Å²) in [7, 11) is 0. The smallest absolute Gasteiger partial charge is 0.205 e. The molecule has 0 heterocycles. The van der Waals surface area contributed by atoms with Crippen molar-refractivity contribution >= 4 is 5.78 Å². The number of terminal acetylenes is 1. The van der Waals surface area contributed by atoms with Crippen LogP contribution in [0.1, 0.15) is 106 Å². The first-order valence-corrected chi connectivity index (χ1v) is 11.5. The Morgan fingerprint density at radius 1 is 0.567 bits per heavy atom. The summed E-state index contributed by atoms with van der Waals surface area (Å²) in [6, 6.07) is 0. The summed E-state index contributed by atoms with van der Waals surface area (Å²) in [5.41, 5.74) is 7.11. The summed E-state index contributed by atoms with van der Waals surface area (Å²) in [4.78, 5) is 11.2. The first-order valence-electron chi connectivity index (χ1n) is 11.5. The van der Waals surface area contributed by atoms with Crippen LogP contribution in [0, 0.1) is 12.3 Å². The van der Waals surface area contributed by atoms with Gasteiger partial charge in [-0.1, -0.05) is 58.2 Å². The van der Waals surface area contributed by atoms with Crippen LogP contribution in [0.3, 0.4) is 0 Å². The average molecular weight is 409 g/mol. The van der Waals surface area contributed by atoms with Gasteiger partial charge >= 0.3 is 0 Å². The maximum Gasteiger partial charge on any atom is 0.205 e. The Kier molecular flexibility index (Phi) is 16.5. The molecule has 0 aromatic carbocycles. The normalized spacial score (nSPS) is 13.2. The highest BCUT2D eigenvalue weighted by atomic mass is 16.1. The van der Waals surface area contributed by atoms with E-state index in [9.17, 15) is 4.79 Å². The summed E-state index contributed by atoms with van der Waals surface area (Å²) in [5.74, 6) is 2.07. The predicted octanol–water partition coefficient (Wildman–Crippen LogP) is 8.84. The number of Topliss-reactive ketones (excluding diaryl/α,β-unsaturated/α-hetero) is 1. The van der Waals surface area contributed by atoms with Crippen molar-refractivity contribution in [2.45, 2.75) is 106 Å². The molecule has 0 atom stereocenters. The van der Waals surface area contributed by atoms with Crippen molar-refractivity contribution in [2.24, 2.45) is 0 Å². The van der Waals surface area contributed by atoms with E-state index in [1.165, 1.54) is 34.3 Å². The van der Waals surface area contributed by atoms with Crippen molar-refractivity contribution in [3.8, 4) is 12.3 Å². The number of unbranched alkanes of at least 4 members (excludes halogenated alkanes) is 1. The zero-order valence-corrected chi connectivity index (χ0v) is 20.4. The van der Waals surface area contributed by atoms with Crippen LogP contribution in [0.25, 0.3) is 0 Å². The van der Waals surface area contributed by atoms with Gasteiger partial charge in [-0.25, -0.2) is 0 Å². The number of hydrogen-bond donors (Lipinski definition) is 0. The molecule has 0 fully saturated rings. The Morgan fingerprint density at radius 2 is 0.933 bits per heavy atom. The van der Waals surface area contributed by atoms with E-state index in [1.54, 1.807) is 0 Å². The molecule has 30 heavy (non-hydrogen) atoms.